The summed E-state index contributed by atoms with van der Waals surface area (Å²) in [6.07, 6.45) is 0.372. The minimum Gasteiger partial charge on any atom is -0.378 e. The van der Waals surface area contributed by atoms with E-state index in [1.165, 1.54) is 12.1 Å². The Morgan fingerprint density at radius 3 is 2.83 bits per heavy atom. The average molecular weight is 347 g/mol. The second kappa shape index (κ2) is 8.18. The van der Waals surface area contributed by atoms with Crippen molar-refractivity contribution in [1.29, 1.82) is 0 Å². The summed E-state index contributed by atoms with van der Waals surface area (Å²) in [5, 5.41) is 4.86. The number of alkyl halides is 3. The third-order valence-electron chi connectivity index (χ3n) is 3.64. The predicted molar refractivity (Wildman–Crippen MR) is 82.0 cm³/mol. The van der Waals surface area contributed by atoms with Gasteiger partial charge in [-0.3, -0.25) is 4.79 Å². The summed E-state index contributed by atoms with van der Waals surface area (Å²) < 4.78 is 43.2. The van der Waals surface area contributed by atoms with Crippen molar-refractivity contribution in [3.05, 3.63) is 28.7 Å². The van der Waals surface area contributed by atoms with Gasteiger partial charge in [-0.05, 0) is 37.8 Å². The molecule has 1 aliphatic rings. The second-order valence-corrected chi connectivity index (χ2v) is 5.63. The normalized spacial score (nSPS) is 18.2. The van der Waals surface area contributed by atoms with Crippen molar-refractivity contribution >= 4 is 11.7 Å². The Labute approximate surface area is 137 Å². The summed E-state index contributed by atoms with van der Waals surface area (Å²) in [5.74, 6) is 0. The number of nitrogens with one attached hydrogen (secondary N) is 2. The van der Waals surface area contributed by atoms with Crippen molar-refractivity contribution in [1.82, 2.24) is 9.88 Å². The number of anilines is 1. The smallest absolute Gasteiger partial charge is 0.378 e. The van der Waals surface area contributed by atoms with Gasteiger partial charge in [0.25, 0.3) is 5.56 Å². The van der Waals surface area contributed by atoms with Gasteiger partial charge in [-0.15, -0.1) is 0 Å². The quantitative estimate of drug-likeness (QED) is 0.860. The Kier molecular flexibility index (Phi) is 6.24. The van der Waals surface area contributed by atoms with Gasteiger partial charge in [-0.25, -0.2) is 4.79 Å². The lowest BCUT2D eigenvalue weighted by Gasteiger charge is -2.22. The number of halogens is 3. The summed E-state index contributed by atoms with van der Waals surface area (Å²) in [6.45, 7) is -0.318. The molecule has 9 heteroatoms. The maximum absolute atomic E-state index is 12.4. The first kappa shape index (κ1) is 18.3. The Morgan fingerprint density at radius 2 is 2.17 bits per heavy atom. The van der Waals surface area contributed by atoms with Crippen LogP contribution in [0.5, 0.6) is 0 Å². The number of urea groups is 1. The predicted octanol–water partition coefficient (Wildman–Crippen LogP) is 2.49. The molecular weight excluding hydrogens is 327 g/mol. The molecule has 1 aliphatic heterocycles. The molecule has 2 N–H and O–H groups in total. The number of amides is 2. The van der Waals surface area contributed by atoms with Crippen molar-refractivity contribution < 1.29 is 22.7 Å². The Bertz CT molecular complexity index is 610. The standard InChI is InChI=1S/C15H20F3N3O3/c16-15(17,18)10-21-8-3-5-12(13(21)22)20-14(23)19-7-6-11-4-1-2-9-24-11/h3,5,8,11H,1-2,4,6-7,9-10H2,(H2,19,20,23). The zero-order valence-electron chi connectivity index (χ0n) is 13.1. The summed E-state index contributed by atoms with van der Waals surface area (Å²) >= 11 is 0. The molecule has 0 bridgehead atoms. The molecular formula is C15H20F3N3O3. The number of carbonyl (C=O) groups excluding carboxylic acids is 1. The molecule has 1 aromatic heterocycles. The molecule has 2 heterocycles. The molecule has 6 nitrogen and oxygen atoms in total. The van der Waals surface area contributed by atoms with Gasteiger partial charge in [0.1, 0.15) is 12.2 Å². The second-order valence-electron chi connectivity index (χ2n) is 5.63. The first-order chi connectivity index (χ1) is 11.3. The third-order valence-corrected chi connectivity index (χ3v) is 3.64. The van der Waals surface area contributed by atoms with E-state index in [-0.39, 0.29) is 11.8 Å². The lowest BCUT2D eigenvalue weighted by Crippen LogP contribution is -2.35. The summed E-state index contributed by atoms with van der Waals surface area (Å²) in [5.41, 5.74) is -1.10. The van der Waals surface area contributed by atoms with Crippen LogP contribution in [-0.2, 0) is 11.3 Å². The van der Waals surface area contributed by atoms with Crippen LogP contribution < -0.4 is 16.2 Å². The average Bonchev–Trinajstić information content (AvgIpc) is 2.51. The highest BCUT2D eigenvalue weighted by Gasteiger charge is 2.28. The number of hydrogen-bond acceptors (Lipinski definition) is 3. The van der Waals surface area contributed by atoms with Crippen LogP contribution in [0.25, 0.3) is 0 Å². The van der Waals surface area contributed by atoms with Crippen LogP contribution >= 0.6 is 0 Å². The van der Waals surface area contributed by atoms with Gasteiger partial charge in [0.2, 0.25) is 0 Å². The van der Waals surface area contributed by atoms with Gasteiger partial charge >= 0.3 is 12.2 Å². The minimum absolute atomic E-state index is 0.111. The van der Waals surface area contributed by atoms with E-state index in [0.29, 0.717) is 17.5 Å². The highest BCUT2D eigenvalue weighted by Crippen LogP contribution is 2.17. The van der Waals surface area contributed by atoms with Gasteiger partial charge in [0, 0.05) is 19.3 Å². The molecule has 134 valence electrons. The van der Waals surface area contributed by atoms with Crippen LogP contribution in [0.1, 0.15) is 25.7 Å². The zero-order chi connectivity index (χ0) is 17.6. The van der Waals surface area contributed by atoms with E-state index < -0.39 is 24.3 Å². The molecule has 1 saturated heterocycles. The number of carbonyl (C=O) groups is 1. The molecule has 1 atom stereocenters. The van der Waals surface area contributed by atoms with Gasteiger partial charge in [0.15, 0.2) is 0 Å². The SMILES string of the molecule is O=C(NCCC1CCCCO1)Nc1cccn(CC(F)(F)F)c1=O. The van der Waals surface area contributed by atoms with E-state index in [2.05, 4.69) is 10.6 Å². The van der Waals surface area contributed by atoms with Gasteiger partial charge in [-0.2, -0.15) is 13.2 Å². The number of aromatic nitrogens is 1. The summed E-state index contributed by atoms with van der Waals surface area (Å²) in [7, 11) is 0. The fraction of sp³-hybridized carbons (Fsp3) is 0.600. The molecule has 2 amide bonds. The lowest BCUT2D eigenvalue weighted by atomic mass is 10.1. The van der Waals surface area contributed by atoms with Crippen molar-refractivity contribution in [3.63, 3.8) is 0 Å². The topological polar surface area (TPSA) is 72.4 Å². The van der Waals surface area contributed by atoms with Gasteiger partial charge in [0.05, 0.1) is 6.10 Å². The monoisotopic (exact) mass is 347 g/mol. The molecule has 0 saturated carbocycles. The Morgan fingerprint density at radius 1 is 1.38 bits per heavy atom. The third kappa shape index (κ3) is 5.88. The van der Waals surface area contributed by atoms with E-state index in [1.54, 1.807) is 0 Å². The first-order valence-electron chi connectivity index (χ1n) is 7.78. The largest absolute Gasteiger partial charge is 0.406 e. The van der Waals surface area contributed by atoms with Crippen molar-refractivity contribution in [2.45, 2.75) is 44.5 Å². The van der Waals surface area contributed by atoms with Crippen molar-refractivity contribution in [3.8, 4) is 0 Å². The molecule has 0 spiro atoms. The summed E-state index contributed by atoms with van der Waals surface area (Å²) in [6, 6.07) is 1.91. The van der Waals surface area contributed by atoms with Crippen LogP contribution in [0, 0.1) is 0 Å². The highest BCUT2D eigenvalue weighted by atomic mass is 19.4. The minimum atomic E-state index is -4.51. The number of nitrogens with zero attached hydrogens (tertiary/aromatic N) is 1. The molecule has 0 aliphatic carbocycles. The zero-order valence-corrected chi connectivity index (χ0v) is 13.1. The van der Waals surface area contributed by atoms with Crippen LogP contribution in [0.15, 0.2) is 23.1 Å². The summed E-state index contributed by atoms with van der Waals surface area (Å²) in [4.78, 5) is 23.7. The molecule has 1 fully saturated rings. The highest BCUT2D eigenvalue weighted by molar-refractivity contribution is 5.88. The fourth-order valence-corrected chi connectivity index (χ4v) is 2.50. The maximum Gasteiger partial charge on any atom is 0.406 e. The van der Waals surface area contributed by atoms with E-state index in [9.17, 15) is 22.8 Å². The first-order valence-corrected chi connectivity index (χ1v) is 7.78. The van der Waals surface area contributed by atoms with Crippen molar-refractivity contribution in [2.24, 2.45) is 0 Å². The van der Waals surface area contributed by atoms with Gasteiger partial charge < -0.3 is 19.9 Å². The fourth-order valence-electron chi connectivity index (χ4n) is 2.50. The number of hydrogen-bond donors (Lipinski definition) is 2. The maximum atomic E-state index is 12.4. The number of ether oxygens (including phenoxy) is 1. The Balaban J connectivity index is 1.85. The van der Waals surface area contributed by atoms with E-state index in [4.69, 9.17) is 4.74 Å². The van der Waals surface area contributed by atoms with Crippen molar-refractivity contribution in [2.75, 3.05) is 18.5 Å². The molecule has 0 radical (unpaired) electrons. The van der Waals surface area contributed by atoms with Crippen LogP contribution in [0.3, 0.4) is 0 Å². The van der Waals surface area contributed by atoms with E-state index in [0.717, 1.165) is 32.1 Å². The van der Waals surface area contributed by atoms with E-state index in [1.807, 2.05) is 0 Å². The lowest BCUT2D eigenvalue weighted by molar-refractivity contribution is -0.141. The van der Waals surface area contributed by atoms with Crippen LogP contribution in [0.2, 0.25) is 0 Å². The molecule has 1 unspecified atom stereocenters. The number of pyridine rings is 1. The molecule has 1 aromatic rings. The van der Waals surface area contributed by atoms with Gasteiger partial charge in [-0.1, -0.05) is 0 Å². The van der Waals surface area contributed by atoms with Crippen LogP contribution in [0.4, 0.5) is 23.7 Å². The number of rotatable bonds is 5. The molecule has 2 rings (SSSR count). The molecule has 0 aromatic carbocycles. The van der Waals surface area contributed by atoms with Crippen LogP contribution in [-0.4, -0.2) is 36.0 Å². The Hall–Kier alpha value is -2.03. The van der Waals surface area contributed by atoms with E-state index >= 15 is 0 Å². The molecule has 24 heavy (non-hydrogen) atoms.